The van der Waals surface area contributed by atoms with Gasteiger partial charge in [0.25, 0.3) is 0 Å². The van der Waals surface area contributed by atoms with Crippen molar-refractivity contribution in [1.29, 1.82) is 0 Å². The van der Waals surface area contributed by atoms with Crippen LogP contribution < -0.4 is 10.2 Å². The van der Waals surface area contributed by atoms with Gasteiger partial charge >= 0.3 is 0 Å². The maximum atomic E-state index is 4.77. The molecule has 0 bridgehead atoms. The Morgan fingerprint density at radius 1 is 1.10 bits per heavy atom. The average molecular weight is 273 g/mol. The highest BCUT2D eigenvalue weighted by atomic mass is 15.2. The molecule has 0 atom stereocenters. The third-order valence-electron chi connectivity index (χ3n) is 4.35. The molecule has 0 radical (unpaired) electrons. The molecule has 20 heavy (non-hydrogen) atoms. The number of hydrogen-bond donors (Lipinski definition) is 1. The highest BCUT2D eigenvalue weighted by molar-refractivity contribution is 5.42. The van der Waals surface area contributed by atoms with E-state index in [1.807, 2.05) is 0 Å². The molecule has 1 aromatic rings. The van der Waals surface area contributed by atoms with Crippen molar-refractivity contribution in [1.82, 2.24) is 10.3 Å². The van der Waals surface area contributed by atoms with Crippen molar-refractivity contribution in [3.05, 3.63) is 23.4 Å². The van der Waals surface area contributed by atoms with Crippen LogP contribution in [-0.4, -0.2) is 24.1 Å². The highest BCUT2D eigenvalue weighted by Crippen LogP contribution is 2.22. The predicted molar refractivity (Wildman–Crippen MR) is 84.1 cm³/mol. The summed E-state index contributed by atoms with van der Waals surface area (Å²) in [6.07, 6.45) is 9.48. The number of aryl methyl sites for hydroxylation is 1. The molecule has 2 fully saturated rings. The molecule has 2 heterocycles. The molecule has 1 N–H and O–H groups in total. The number of rotatable bonds is 4. The van der Waals surface area contributed by atoms with Crippen molar-refractivity contribution in [2.24, 2.45) is 0 Å². The lowest BCUT2D eigenvalue weighted by atomic mass is 10.1. The van der Waals surface area contributed by atoms with Gasteiger partial charge in [-0.2, -0.15) is 0 Å². The van der Waals surface area contributed by atoms with Gasteiger partial charge in [0, 0.05) is 31.4 Å². The van der Waals surface area contributed by atoms with E-state index in [1.54, 1.807) is 0 Å². The number of anilines is 1. The summed E-state index contributed by atoms with van der Waals surface area (Å²) >= 11 is 0. The summed E-state index contributed by atoms with van der Waals surface area (Å²) in [4.78, 5) is 7.26. The van der Waals surface area contributed by atoms with Crippen LogP contribution in [0.1, 0.15) is 56.2 Å². The fourth-order valence-corrected chi connectivity index (χ4v) is 3.01. The van der Waals surface area contributed by atoms with Gasteiger partial charge in [0.1, 0.15) is 5.82 Å². The highest BCUT2D eigenvalue weighted by Gasteiger charge is 2.20. The Labute approximate surface area is 122 Å². The van der Waals surface area contributed by atoms with E-state index in [2.05, 4.69) is 29.3 Å². The fourth-order valence-electron chi connectivity index (χ4n) is 3.01. The Morgan fingerprint density at radius 3 is 2.50 bits per heavy atom. The van der Waals surface area contributed by atoms with Crippen LogP contribution >= 0.6 is 0 Å². The molecule has 110 valence electrons. The first-order chi connectivity index (χ1) is 9.81. The van der Waals surface area contributed by atoms with E-state index < -0.39 is 0 Å². The minimum absolute atomic E-state index is 0.772. The van der Waals surface area contributed by atoms with Crippen molar-refractivity contribution in [2.75, 3.05) is 18.0 Å². The first kappa shape index (κ1) is 13.9. The quantitative estimate of drug-likeness (QED) is 0.911. The van der Waals surface area contributed by atoms with Gasteiger partial charge in [-0.1, -0.05) is 19.3 Å². The van der Waals surface area contributed by atoms with E-state index in [0.29, 0.717) is 0 Å². The molecule has 0 aromatic carbocycles. The summed E-state index contributed by atoms with van der Waals surface area (Å²) in [6, 6.07) is 5.29. The van der Waals surface area contributed by atoms with Crippen LogP contribution in [0.2, 0.25) is 0 Å². The van der Waals surface area contributed by atoms with E-state index in [0.717, 1.165) is 18.3 Å². The molecule has 1 saturated heterocycles. The molecule has 3 rings (SSSR count). The third kappa shape index (κ3) is 3.95. The van der Waals surface area contributed by atoms with Crippen molar-refractivity contribution in [3.63, 3.8) is 0 Å². The molecule has 1 aromatic heterocycles. The number of pyridine rings is 1. The van der Waals surface area contributed by atoms with Crippen molar-refractivity contribution in [3.8, 4) is 0 Å². The Kier molecular flexibility index (Phi) is 4.56. The Bertz CT molecular complexity index is 432. The number of hydrogen-bond acceptors (Lipinski definition) is 3. The first-order valence-corrected chi connectivity index (χ1v) is 8.27. The van der Waals surface area contributed by atoms with E-state index >= 15 is 0 Å². The lowest BCUT2D eigenvalue weighted by Gasteiger charge is -2.26. The molecule has 0 amide bonds. The minimum atomic E-state index is 0.772. The molecule has 0 spiro atoms. The molecule has 3 nitrogen and oxygen atoms in total. The molecular weight excluding hydrogens is 246 g/mol. The Hall–Kier alpha value is -1.09. The molecule has 0 unspecified atom stereocenters. The van der Waals surface area contributed by atoms with Gasteiger partial charge in [-0.25, -0.2) is 4.98 Å². The zero-order valence-electron chi connectivity index (χ0n) is 12.7. The average Bonchev–Trinajstić information content (AvgIpc) is 3.19. The third-order valence-corrected chi connectivity index (χ3v) is 4.35. The zero-order valence-corrected chi connectivity index (χ0v) is 12.7. The van der Waals surface area contributed by atoms with Crippen molar-refractivity contribution < 1.29 is 0 Å². The monoisotopic (exact) mass is 273 g/mol. The lowest BCUT2D eigenvalue weighted by Crippen LogP contribution is -2.28. The number of nitrogens with zero attached hydrogens (tertiary/aromatic N) is 2. The van der Waals surface area contributed by atoms with Crippen molar-refractivity contribution >= 4 is 5.82 Å². The summed E-state index contributed by atoms with van der Waals surface area (Å²) in [6.45, 7) is 5.46. The van der Waals surface area contributed by atoms with Gasteiger partial charge in [-0.3, -0.25) is 0 Å². The largest absolute Gasteiger partial charge is 0.357 e. The topological polar surface area (TPSA) is 28.2 Å². The van der Waals surface area contributed by atoms with Gasteiger partial charge in [0.15, 0.2) is 0 Å². The fraction of sp³-hybridized carbons (Fsp3) is 0.706. The molecule has 1 saturated carbocycles. The van der Waals surface area contributed by atoms with Gasteiger partial charge in [0.05, 0.1) is 0 Å². The number of nitrogens with one attached hydrogen (secondary N) is 1. The van der Waals surface area contributed by atoms with Crippen LogP contribution in [0.5, 0.6) is 0 Å². The zero-order chi connectivity index (χ0) is 13.8. The molecule has 3 heteroatoms. The standard InChI is InChI=1S/C17H27N3/c1-14-11-15(13-18-16-7-8-16)12-17(19-14)20-9-5-3-2-4-6-10-20/h11-12,16,18H,2-10,13H2,1H3. The molecule has 1 aliphatic carbocycles. The smallest absolute Gasteiger partial charge is 0.129 e. The summed E-state index contributed by atoms with van der Waals surface area (Å²) < 4.78 is 0. The summed E-state index contributed by atoms with van der Waals surface area (Å²) in [5, 5.41) is 3.61. The first-order valence-electron chi connectivity index (χ1n) is 8.27. The second kappa shape index (κ2) is 6.57. The van der Waals surface area contributed by atoms with E-state index in [-0.39, 0.29) is 0 Å². The van der Waals surface area contributed by atoms with E-state index in [9.17, 15) is 0 Å². The lowest BCUT2D eigenvalue weighted by molar-refractivity contribution is 0.553. The summed E-state index contributed by atoms with van der Waals surface area (Å²) in [5.41, 5.74) is 2.54. The SMILES string of the molecule is Cc1cc(CNC2CC2)cc(N2CCCCCCC2)n1. The van der Waals surface area contributed by atoms with Crippen LogP contribution in [-0.2, 0) is 6.54 Å². The van der Waals surface area contributed by atoms with Crippen LogP contribution in [0.3, 0.4) is 0 Å². The predicted octanol–water partition coefficient (Wildman–Crippen LogP) is 3.41. The van der Waals surface area contributed by atoms with Gasteiger partial charge in [-0.15, -0.1) is 0 Å². The van der Waals surface area contributed by atoms with Gasteiger partial charge in [0.2, 0.25) is 0 Å². The molecule has 1 aliphatic heterocycles. The van der Waals surface area contributed by atoms with Crippen LogP contribution in [0, 0.1) is 6.92 Å². The second-order valence-electron chi connectivity index (χ2n) is 6.38. The minimum Gasteiger partial charge on any atom is -0.357 e. The van der Waals surface area contributed by atoms with Gasteiger partial charge in [-0.05, 0) is 50.3 Å². The molecular formula is C17H27N3. The summed E-state index contributed by atoms with van der Waals surface area (Å²) in [5.74, 6) is 1.19. The van der Waals surface area contributed by atoms with E-state index in [4.69, 9.17) is 4.98 Å². The van der Waals surface area contributed by atoms with Crippen molar-refractivity contribution in [2.45, 2.75) is 64.5 Å². The van der Waals surface area contributed by atoms with Crippen LogP contribution in [0.4, 0.5) is 5.82 Å². The Morgan fingerprint density at radius 2 is 1.80 bits per heavy atom. The summed E-state index contributed by atoms with van der Waals surface area (Å²) in [7, 11) is 0. The number of aromatic nitrogens is 1. The van der Waals surface area contributed by atoms with E-state index in [1.165, 1.54) is 69.4 Å². The normalized spacial score (nSPS) is 20.6. The molecule has 2 aliphatic rings. The Balaban J connectivity index is 1.69. The second-order valence-corrected chi connectivity index (χ2v) is 6.38. The van der Waals surface area contributed by atoms with Crippen LogP contribution in [0.25, 0.3) is 0 Å². The maximum Gasteiger partial charge on any atom is 0.129 e. The van der Waals surface area contributed by atoms with Crippen LogP contribution in [0.15, 0.2) is 12.1 Å². The maximum absolute atomic E-state index is 4.77. The van der Waals surface area contributed by atoms with Gasteiger partial charge < -0.3 is 10.2 Å².